The van der Waals surface area contributed by atoms with Crippen LogP contribution in [0.1, 0.15) is 10.5 Å². The van der Waals surface area contributed by atoms with Gasteiger partial charge in [0, 0.05) is 5.56 Å². The first kappa shape index (κ1) is 12.0. The van der Waals surface area contributed by atoms with Gasteiger partial charge in [-0.15, -0.1) is 10.2 Å². The molecule has 92 valence electrons. The standard InChI is InChI=1S/C12H10FN3O2/c1-18-12(17)10-6-9(11(14)16-15-10)7-3-2-4-8(13)5-7/h2-6H,1H3,(H2,14,16). The Balaban J connectivity index is 2.53. The van der Waals surface area contributed by atoms with Crippen molar-refractivity contribution in [3.05, 3.63) is 41.8 Å². The number of carbonyl (C=O) groups is 1. The summed E-state index contributed by atoms with van der Waals surface area (Å²) in [4.78, 5) is 11.3. The summed E-state index contributed by atoms with van der Waals surface area (Å²) in [6, 6.07) is 7.24. The quantitative estimate of drug-likeness (QED) is 0.816. The third kappa shape index (κ3) is 2.27. The number of rotatable bonds is 2. The Kier molecular flexibility index (Phi) is 3.18. The molecule has 0 saturated carbocycles. The highest BCUT2D eigenvalue weighted by Gasteiger charge is 2.13. The number of benzene rings is 1. The van der Waals surface area contributed by atoms with Gasteiger partial charge in [-0.3, -0.25) is 0 Å². The van der Waals surface area contributed by atoms with E-state index in [0.29, 0.717) is 11.1 Å². The van der Waals surface area contributed by atoms with E-state index < -0.39 is 11.8 Å². The van der Waals surface area contributed by atoms with Crippen LogP contribution in [0.25, 0.3) is 11.1 Å². The van der Waals surface area contributed by atoms with Crippen molar-refractivity contribution in [2.75, 3.05) is 12.8 Å². The van der Waals surface area contributed by atoms with E-state index in [1.807, 2.05) is 0 Å². The van der Waals surface area contributed by atoms with Crippen molar-refractivity contribution in [3.8, 4) is 11.1 Å². The van der Waals surface area contributed by atoms with Crippen molar-refractivity contribution in [3.63, 3.8) is 0 Å². The summed E-state index contributed by atoms with van der Waals surface area (Å²) >= 11 is 0. The Morgan fingerprint density at radius 2 is 2.11 bits per heavy atom. The van der Waals surface area contributed by atoms with Crippen LogP contribution < -0.4 is 5.73 Å². The molecule has 18 heavy (non-hydrogen) atoms. The normalized spacial score (nSPS) is 10.1. The minimum Gasteiger partial charge on any atom is -0.464 e. The predicted octanol–water partition coefficient (Wildman–Crippen LogP) is 1.65. The van der Waals surface area contributed by atoms with Gasteiger partial charge in [0.25, 0.3) is 0 Å². The van der Waals surface area contributed by atoms with E-state index in [0.717, 1.165) is 0 Å². The molecule has 1 aromatic carbocycles. The molecule has 0 unspecified atom stereocenters. The highest BCUT2D eigenvalue weighted by molar-refractivity contribution is 5.89. The largest absolute Gasteiger partial charge is 0.464 e. The van der Waals surface area contributed by atoms with E-state index in [1.165, 1.54) is 25.3 Å². The molecule has 2 aromatic rings. The van der Waals surface area contributed by atoms with Gasteiger partial charge in [0.2, 0.25) is 0 Å². The Morgan fingerprint density at radius 3 is 2.78 bits per heavy atom. The van der Waals surface area contributed by atoms with Gasteiger partial charge in [0.15, 0.2) is 11.5 Å². The molecule has 0 spiro atoms. The van der Waals surface area contributed by atoms with E-state index in [1.54, 1.807) is 12.1 Å². The Labute approximate surface area is 102 Å². The molecule has 0 aliphatic rings. The van der Waals surface area contributed by atoms with Crippen LogP contribution in [0, 0.1) is 5.82 Å². The van der Waals surface area contributed by atoms with Gasteiger partial charge in [-0.1, -0.05) is 12.1 Å². The van der Waals surface area contributed by atoms with Crippen molar-refractivity contribution >= 4 is 11.8 Å². The summed E-state index contributed by atoms with van der Waals surface area (Å²) in [7, 11) is 1.24. The maximum absolute atomic E-state index is 13.1. The number of carbonyl (C=O) groups excluding carboxylic acids is 1. The number of halogens is 1. The second kappa shape index (κ2) is 4.79. The molecule has 0 saturated heterocycles. The van der Waals surface area contributed by atoms with Crippen molar-refractivity contribution in [1.29, 1.82) is 0 Å². The molecule has 1 heterocycles. The lowest BCUT2D eigenvalue weighted by Gasteiger charge is -2.06. The second-order valence-corrected chi connectivity index (χ2v) is 3.53. The number of aromatic nitrogens is 2. The smallest absolute Gasteiger partial charge is 0.358 e. The molecule has 0 fully saturated rings. The van der Waals surface area contributed by atoms with Crippen LogP contribution in [-0.2, 0) is 4.74 Å². The topological polar surface area (TPSA) is 78.1 Å². The Bertz CT molecular complexity index is 602. The van der Waals surface area contributed by atoms with Crippen LogP contribution in [0.3, 0.4) is 0 Å². The number of nitrogens with zero attached hydrogens (tertiary/aromatic N) is 2. The molecule has 5 nitrogen and oxygen atoms in total. The Morgan fingerprint density at radius 1 is 1.33 bits per heavy atom. The van der Waals surface area contributed by atoms with Gasteiger partial charge < -0.3 is 10.5 Å². The maximum Gasteiger partial charge on any atom is 0.358 e. The van der Waals surface area contributed by atoms with Crippen molar-refractivity contribution in [2.24, 2.45) is 0 Å². The zero-order valence-electron chi connectivity index (χ0n) is 9.55. The van der Waals surface area contributed by atoms with Gasteiger partial charge >= 0.3 is 5.97 Å². The Hall–Kier alpha value is -2.50. The van der Waals surface area contributed by atoms with Crippen LogP contribution in [0.2, 0.25) is 0 Å². The average molecular weight is 247 g/mol. The van der Waals surface area contributed by atoms with Crippen molar-refractivity contribution in [2.45, 2.75) is 0 Å². The first-order valence-electron chi connectivity index (χ1n) is 5.09. The van der Waals surface area contributed by atoms with Crippen LogP contribution in [0.15, 0.2) is 30.3 Å². The SMILES string of the molecule is COC(=O)c1cc(-c2cccc(F)c2)c(N)nn1. The van der Waals surface area contributed by atoms with Gasteiger partial charge in [0.1, 0.15) is 5.82 Å². The molecule has 2 rings (SSSR count). The van der Waals surface area contributed by atoms with Crippen LogP contribution in [0.5, 0.6) is 0 Å². The van der Waals surface area contributed by atoms with E-state index >= 15 is 0 Å². The zero-order chi connectivity index (χ0) is 13.1. The summed E-state index contributed by atoms with van der Waals surface area (Å²) in [5, 5.41) is 7.27. The summed E-state index contributed by atoms with van der Waals surface area (Å²) in [6.45, 7) is 0. The van der Waals surface area contributed by atoms with Crippen molar-refractivity contribution in [1.82, 2.24) is 10.2 Å². The number of nitrogens with two attached hydrogens (primary N) is 1. The number of hydrogen-bond acceptors (Lipinski definition) is 5. The molecule has 0 aliphatic carbocycles. The van der Waals surface area contributed by atoms with Crippen LogP contribution >= 0.6 is 0 Å². The first-order valence-corrected chi connectivity index (χ1v) is 5.09. The lowest BCUT2D eigenvalue weighted by molar-refractivity contribution is 0.0593. The summed E-state index contributed by atoms with van der Waals surface area (Å²) in [5.74, 6) is -0.906. The fourth-order valence-electron chi connectivity index (χ4n) is 1.49. The summed E-state index contributed by atoms with van der Waals surface area (Å²) in [6.07, 6.45) is 0. The van der Waals surface area contributed by atoms with Gasteiger partial charge in [-0.25, -0.2) is 9.18 Å². The van der Waals surface area contributed by atoms with E-state index in [2.05, 4.69) is 14.9 Å². The number of esters is 1. The maximum atomic E-state index is 13.1. The van der Waals surface area contributed by atoms with E-state index in [-0.39, 0.29) is 11.5 Å². The molecule has 2 N–H and O–H groups in total. The third-order valence-corrected chi connectivity index (χ3v) is 2.35. The average Bonchev–Trinajstić information content (AvgIpc) is 2.38. The number of anilines is 1. The minimum absolute atomic E-state index is 0.0194. The number of hydrogen-bond donors (Lipinski definition) is 1. The molecule has 1 aromatic heterocycles. The molecule has 0 amide bonds. The van der Waals surface area contributed by atoms with E-state index in [4.69, 9.17) is 5.73 Å². The highest BCUT2D eigenvalue weighted by atomic mass is 19.1. The minimum atomic E-state index is -0.625. The van der Waals surface area contributed by atoms with Crippen LogP contribution in [-0.4, -0.2) is 23.3 Å². The number of nitrogen functional groups attached to an aromatic ring is 1. The van der Waals surface area contributed by atoms with E-state index in [9.17, 15) is 9.18 Å². The first-order chi connectivity index (χ1) is 8.61. The fraction of sp³-hybridized carbons (Fsp3) is 0.0833. The lowest BCUT2D eigenvalue weighted by atomic mass is 10.1. The van der Waals surface area contributed by atoms with Gasteiger partial charge in [-0.2, -0.15) is 0 Å². The van der Waals surface area contributed by atoms with Gasteiger partial charge in [0.05, 0.1) is 7.11 Å². The molecule has 0 radical (unpaired) electrons. The number of methoxy groups -OCH3 is 1. The fourth-order valence-corrected chi connectivity index (χ4v) is 1.49. The molecule has 0 atom stereocenters. The predicted molar refractivity (Wildman–Crippen MR) is 63.2 cm³/mol. The van der Waals surface area contributed by atoms with Crippen LogP contribution in [0.4, 0.5) is 10.2 Å². The highest BCUT2D eigenvalue weighted by Crippen LogP contribution is 2.25. The molecule has 0 aliphatic heterocycles. The molecular formula is C12H10FN3O2. The zero-order valence-corrected chi connectivity index (χ0v) is 9.55. The molecule has 6 heteroatoms. The second-order valence-electron chi connectivity index (χ2n) is 3.53. The summed E-state index contributed by atoms with van der Waals surface area (Å²) in [5.41, 5.74) is 6.64. The molecule has 0 bridgehead atoms. The van der Waals surface area contributed by atoms with Crippen molar-refractivity contribution < 1.29 is 13.9 Å². The third-order valence-electron chi connectivity index (χ3n) is 2.35. The number of ether oxygens (including phenoxy) is 1. The van der Waals surface area contributed by atoms with Gasteiger partial charge in [-0.05, 0) is 23.8 Å². The monoisotopic (exact) mass is 247 g/mol. The summed E-state index contributed by atoms with van der Waals surface area (Å²) < 4.78 is 17.7. The lowest BCUT2D eigenvalue weighted by Crippen LogP contribution is -2.08. The molecular weight excluding hydrogens is 237 g/mol.